The summed E-state index contributed by atoms with van der Waals surface area (Å²) in [5, 5.41) is 9.79. The normalized spacial score (nSPS) is 11.7. The van der Waals surface area contributed by atoms with E-state index in [0.29, 0.717) is 17.4 Å². The number of nitrogens with one attached hydrogen (secondary N) is 2. The SMILES string of the molecule is COc1ccc(-c2n[nH]c(CNC(=O)C(C)Oc3ccc(Br)cc3)n2)cc1. The molecule has 0 bridgehead atoms. The van der Waals surface area contributed by atoms with Gasteiger partial charge in [-0.2, -0.15) is 5.10 Å². The van der Waals surface area contributed by atoms with Crippen molar-refractivity contribution in [1.82, 2.24) is 20.5 Å². The lowest BCUT2D eigenvalue weighted by Crippen LogP contribution is -2.36. The number of hydrogen-bond acceptors (Lipinski definition) is 5. The molecule has 0 spiro atoms. The number of hydrogen-bond donors (Lipinski definition) is 2. The molecule has 3 aromatic rings. The maximum atomic E-state index is 12.2. The van der Waals surface area contributed by atoms with Crippen LogP contribution in [0.5, 0.6) is 11.5 Å². The van der Waals surface area contributed by atoms with Gasteiger partial charge in [-0.15, -0.1) is 0 Å². The molecule has 0 aliphatic heterocycles. The van der Waals surface area contributed by atoms with E-state index in [0.717, 1.165) is 15.8 Å². The van der Waals surface area contributed by atoms with E-state index in [1.54, 1.807) is 26.2 Å². The zero-order valence-electron chi connectivity index (χ0n) is 14.9. The quantitative estimate of drug-likeness (QED) is 0.599. The Kier molecular flexibility index (Phi) is 6.08. The highest BCUT2D eigenvalue weighted by molar-refractivity contribution is 9.10. The van der Waals surface area contributed by atoms with Crippen molar-refractivity contribution in [2.75, 3.05) is 7.11 Å². The van der Waals surface area contributed by atoms with Crippen LogP contribution < -0.4 is 14.8 Å². The van der Waals surface area contributed by atoms with Gasteiger partial charge in [-0.05, 0) is 55.5 Å². The average Bonchev–Trinajstić information content (AvgIpc) is 3.17. The van der Waals surface area contributed by atoms with Crippen molar-refractivity contribution < 1.29 is 14.3 Å². The van der Waals surface area contributed by atoms with Crippen molar-refractivity contribution in [2.24, 2.45) is 0 Å². The predicted molar refractivity (Wildman–Crippen MR) is 104 cm³/mol. The van der Waals surface area contributed by atoms with Gasteiger partial charge in [0.2, 0.25) is 0 Å². The molecule has 1 aromatic heterocycles. The summed E-state index contributed by atoms with van der Waals surface area (Å²) in [7, 11) is 1.62. The Morgan fingerprint density at radius 1 is 1.15 bits per heavy atom. The van der Waals surface area contributed by atoms with E-state index in [1.165, 1.54) is 0 Å². The third-order valence-electron chi connectivity index (χ3n) is 3.81. The standard InChI is InChI=1S/C19H19BrN4O3/c1-12(27-16-9-5-14(20)6-10-16)19(25)21-11-17-22-18(24-23-17)13-3-7-15(26-2)8-4-13/h3-10,12H,11H2,1-2H3,(H,21,25)(H,22,23,24). The molecule has 1 unspecified atom stereocenters. The minimum atomic E-state index is -0.629. The number of ether oxygens (including phenoxy) is 2. The Bertz CT molecular complexity index is 894. The number of halogens is 1. The third-order valence-corrected chi connectivity index (χ3v) is 4.33. The first-order valence-corrected chi connectivity index (χ1v) is 9.10. The molecule has 8 heteroatoms. The fourth-order valence-electron chi connectivity index (χ4n) is 2.33. The van der Waals surface area contributed by atoms with Gasteiger partial charge in [0.1, 0.15) is 17.3 Å². The van der Waals surface area contributed by atoms with Crippen LogP contribution in [0.25, 0.3) is 11.4 Å². The summed E-state index contributed by atoms with van der Waals surface area (Å²) >= 11 is 3.36. The molecule has 0 aliphatic carbocycles. The van der Waals surface area contributed by atoms with Gasteiger partial charge in [-0.3, -0.25) is 9.89 Å². The zero-order valence-corrected chi connectivity index (χ0v) is 16.5. The molecule has 2 N–H and O–H groups in total. The molecular weight excluding hydrogens is 412 g/mol. The van der Waals surface area contributed by atoms with Crippen LogP contribution in [0.3, 0.4) is 0 Å². The number of carbonyl (C=O) groups excluding carboxylic acids is 1. The lowest BCUT2D eigenvalue weighted by molar-refractivity contribution is -0.127. The summed E-state index contributed by atoms with van der Waals surface area (Å²) in [4.78, 5) is 16.6. The molecule has 7 nitrogen and oxygen atoms in total. The minimum Gasteiger partial charge on any atom is -0.497 e. The van der Waals surface area contributed by atoms with Gasteiger partial charge in [0.15, 0.2) is 11.9 Å². The smallest absolute Gasteiger partial charge is 0.261 e. The second-order valence-electron chi connectivity index (χ2n) is 5.77. The predicted octanol–water partition coefficient (Wildman–Crippen LogP) is 3.33. The number of carbonyl (C=O) groups is 1. The molecule has 0 saturated heterocycles. The largest absolute Gasteiger partial charge is 0.497 e. The zero-order chi connectivity index (χ0) is 19.2. The Balaban J connectivity index is 1.54. The van der Waals surface area contributed by atoms with Crippen LogP contribution in [-0.2, 0) is 11.3 Å². The van der Waals surface area contributed by atoms with Crippen molar-refractivity contribution in [3.63, 3.8) is 0 Å². The first kappa shape index (κ1) is 18.9. The molecule has 27 heavy (non-hydrogen) atoms. The molecule has 2 aromatic carbocycles. The van der Waals surface area contributed by atoms with Gasteiger partial charge in [-0.1, -0.05) is 15.9 Å². The minimum absolute atomic E-state index is 0.232. The fraction of sp³-hybridized carbons (Fsp3) is 0.211. The number of amides is 1. The van der Waals surface area contributed by atoms with Crippen molar-refractivity contribution in [3.8, 4) is 22.9 Å². The highest BCUT2D eigenvalue weighted by Gasteiger charge is 2.15. The van der Waals surface area contributed by atoms with Crippen LogP contribution in [0.1, 0.15) is 12.7 Å². The van der Waals surface area contributed by atoms with Gasteiger partial charge < -0.3 is 14.8 Å². The maximum Gasteiger partial charge on any atom is 0.261 e. The lowest BCUT2D eigenvalue weighted by atomic mass is 10.2. The van der Waals surface area contributed by atoms with Crippen LogP contribution in [-0.4, -0.2) is 34.3 Å². The number of aromatic nitrogens is 3. The molecular formula is C19H19BrN4O3. The summed E-state index contributed by atoms with van der Waals surface area (Å²) in [5.41, 5.74) is 0.858. The number of rotatable bonds is 7. The van der Waals surface area contributed by atoms with Gasteiger partial charge in [0.25, 0.3) is 5.91 Å². The summed E-state index contributed by atoms with van der Waals surface area (Å²) in [6.45, 7) is 1.93. The van der Waals surface area contributed by atoms with E-state index in [9.17, 15) is 4.79 Å². The number of benzene rings is 2. The third kappa shape index (κ3) is 5.07. The first-order valence-electron chi connectivity index (χ1n) is 8.31. The van der Waals surface area contributed by atoms with Crippen molar-refractivity contribution in [1.29, 1.82) is 0 Å². The highest BCUT2D eigenvalue weighted by atomic mass is 79.9. The van der Waals surface area contributed by atoms with Crippen molar-refractivity contribution in [3.05, 3.63) is 58.8 Å². The van der Waals surface area contributed by atoms with Crippen LogP contribution in [0.2, 0.25) is 0 Å². The van der Waals surface area contributed by atoms with E-state index in [2.05, 4.69) is 36.4 Å². The lowest BCUT2D eigenvalue weighted by Gasteiger charge is -2.14. The second-order valence-corrected chi connectivity index (χ2v) is 6.68. The Hall–Kier alpha value is -2.87. The fourth-order valence-corrected chi connectivity index (χ4v) is 2.59. The number of methoxy groups -OCH3 is 1. The van der Waals surface area contributed by atoms with Gasteiger partial charge in [0.05, 0.1) is 13.7 Å². The molecule has 0 fully saturated rings. The summed E-state index contributed by atoms with van der Waals surface area (Å²) in [6, 6.07) is 14.7. The molecule has 1 heterocycles. The van der Waals surface area contributed by atoms with E-state index in [4.69, 9.17) is 9.47 Å². The van der Waals surface area contributed by atoms with E-state index in [-0.39, 0.29) is 12.5 Å². The first-order chi connectivity index (χ1) is 13.0. The average molecular weight is 431 g/mol. The van der Waals surface area contributed by atoms with E-state index in [1.807, 2.05) is 36.4 Å². The van der Waals surface area contributed by atoms with Crippen LogP contribution >= 0.6 is 15.9 Å². The molecule has 3 rings (SSSR count). The van der Waals surface area contributed by atoms with Crippen LogP contribution in [0.4, 0.5) is 0 Å². The van der Waals surface area contributed by atoms with Gasteiger partial charge >= 0.3 is 0 Å². The van der Waals surface area contributed by atoms with Crippen LogP contribution in [0, 0.1) is 0 Å². The monoisotopic (exact) mass is 430 g/mol. The van der Waals surface area contributed by atoms with E-state index < -0.39 is 6.10 Å². The topological polar surface area (TPSA) is 89.1 Å². The second kappa shape index (κ2) is 8.68. The molecule has 1 amide bonds. The number of H-pyrrole nitrogens is 1. The Labute approximate surface area is 165 Å². The van der Waals surface area contributed by atoms with Crippen molar-refractivity contribution in [2.45, 2.75) is 19.6 Å². The summed E-state index contributed by atoms with van der Waals surface area (Å²) in [5.74, 6) is 2.27. The van der Waals surface area contributed by atoms with E-state index >= 15 is 0 Å². The number of nitrogens with zero attached hydrogens (tertiary/aromatic N) is 2. The molecule has 1 atom stereocenters. The van der Waals surface area contributed by atoms with Crippen molar-refractivity contribution >= 4 is 21.8 Å². The molecule has 140 valence electrons. The highest BCUT2D eigenvalue weighted by Crippen LogP contribution is 2.19. The maximum absolute atomic E-state index is 12.2. The summed E-state index contributed by atoms with van der Waals surface area (Å²) < 4.78 is 11.7. The Morgan fingerprint density at radius 2 is 1.81 bits per heavy atom. The molecule has 0 aliphatic rings. The van der Waals surface area contributed by atoms with Gasteiger partial charge in [0, 0.05) is 10.0 Å². The van der Waals surface area contributed by atoms with Crippen LogP contribution in [0.15, 0.2) is 53.0 Å². The Morgan fingerprint density at radius 3 is 2.48 bits per heavy atom. The van der Waals surface area contributed by atoms with Gasteiger partial charge in [-0.25, -0.2) is 4.98 Å². The summed E-state index contributed by atoms with van der Waals surface area (Å²) in [6.07, 6.45) is -0.629. The molecule has 0 radical (unpaired) electrons. The molecule has 0 saturated carbocycles. The number of aromatic amines is 1.